The van der Waals surface area contributed by atoms with E-state index in [9.17, 15) is 9.59 Å². The molecule has 7 heteroatoms. The van der Waals surface area contributed by atoms with Gasteiger partial charge in [-0.2, -0.15) is 0 Å². The highest BCUT2D eigenvalue weighted by atomic mass is 16.5. The number of carbonyl (C=O) groups excluding carboxylic acids is 2. The zero-order valence-corrected chi connectivity index (χ0v) is 12.0. The molecule has 0 saturated carbocycles. The van der Waals surface area contributed by atoms with Gasteiger partial charge in [0.1, 0.15) is 6.26 Å². The molecule has 0 N–H and O–H groups in total. The van der Waals surface area contributed by atoms with Crippen LogP contribution in [0.5, 0.6) is 0 Å². The van der Waals surface area contributed by atoms with Crippen molar-refractivity contribution in [2.75, 3.05) is 27.4 Å². The summed E-state index contributed by atoms with van der Waals surface area (Å²) in [7, 11) is 2.84. The number of aromatic nitrogens is 1. The topological polar surface area (TPSA) is 81.9 Å². The molecule has 1 heterocycles. The molecule has 0 aromatic carbocycles. The van der Waals surface area contributed by atoms with Gasteiger partial charge in [0.25, 0.3) is 0 Å². The zero-order valence-electron chi connectivity index (χ0n) is 12.0. The molecule has 7 nitrogen and oxygen atoms in total. The summed E-state index contributed by atoms with van der Waals surface area (Å²) in [5.74, 6) is -0.267. The average molecular weight is 284 g/mol. The molecule has 0 aliphatic rings. The minimum Gasteiger partial charge on any atom is -0.464 e. The van der Waals surface area contributed by atoms with Crippen LogP contribution in [0.2, 0.25) is 0 Å². The molecule has 0 bridgehead atoms. The fraction of sp³-hybridized carbons (Fsp3) is 0.615. The van der Waals surface area contributed by atoms with Crippen molar-refractivity contribution < 1.29 is 23.5 Å². The van der Waals surface area contributed by atoms with Crippen LogP contribution in [0.15, 0.2) is 10.7 Å². The van der Waals surface area contributed by atoms with Gasteiger partial charge in [-0.05, 0) is 6.42 Å². The second kappa shape index (κ2) is 8.31. The highest BCUT2D eigenvalue weighted by Gasteiger charge is 2.18. The lowest BCUT2D eigenvalue weighted by Crippen LogP contribution is -2.33. The van der Waals surface area contributed by atoms with Gasteiger partial charge in [-0.15, -0.1) is 0 Å². The van der Waals surface area contributed by atoms with E-state index in [1.807, 2.05) is 6.92 Å². The van der Waals surface area contributed by atoms with Crippen molar-refractivity contribution in [1.82, 2.24) is 9.88 Å². The second-order valence-electron chi connectivity index (χ2n) is 4.18. The van der Waals surface area contributed by atoms with Gasteiger partial charge < -0.3 is 18.8 Å². The van der Waals surface area contributed by atoms with E-state index in [0.717, 1.165) is 6.42 Å². The van der Waals surface area contributed by atoms with Crippen molar-refractivity contribution in [3.8, 4) is 0 Å². The highest BCUT2D eigenvalue weighted by molar-refractivity contribution is 5.86. The number of hydrogen-bond acceptors (Lipinski definition) is 6. The first-order chi connectivity index (χ1) is 9.62. The summed E-state index contributed by atoms with van der Waals surface area (Å²) in [6, 6.07) is 0. The van der Waals surface area contributed by atoms with E-state index in [1.165, 1.54) is 13.4 Å². The van der Waals surface area contributed by atoms with Gasteiger partial charge in [-0.3, -0.25) is 4.79 Å². The fourth-order valence-electron chi connectivity index (χ4n) is 1.61. The molecule has 0 aliphatic heterocycles. The monoisotopic (exact) mass is 284 g/mol. The van der Waals surface area contributed by atoms with Crippen LogP contribution in [-0.4, -0.2) is 49.1 Å². The van der Waals surface area contributed by atoms with E-state index < -0.39 is 5.97 Å². The van der Waals surface area contributed by atoms with Crippen molar-refractivity contribution in [2.45, 2.75) is 26.3 Å². The van der Waals surface area contributed by atoms with Crippen LogP contribution in [0.25, 0.3) is 0 Å². The Kier molecular flexibility index (Phi) is 6.72. The number of ether oxygens (including phenoxy) is 2. The standard InChI is InChI=1S/C13H20N2O5/c1-4-5-12(16)15(6-7-18-2)8-11-14-10(9-20-11)13(17)19-3/h9H,4-8H2,1-3H3. The molecule has 0 radical (unpaired) electrons. The molecule has 0 atom stereocenters. The van der Waals surface area contributed by atoms with Gasteiger partial charge in [0.2, 0.25) is 11.8 Å². The average Bonchev–Trinajstić information content (AvgIpc) is 2.91. The molecule has 0 fully saturated rings. The van der Waals surface area contributed by atoms with Gasteiger partial charge in [0.15, 0.2) is 5.69 Å². The Hall–Kier alpha value is -1.89. The Bertz CT molecular complexity index is 444. The molecule has 1 aromatic rings. The summed E-state index contributed by atoms with van der Waals surface area (Å²) in [6.45, 7) is 3.03. The summed E-state index contributed by atoms with van der Waals surface area (Å²) in [6.07, 6.45) is 2.44. The smallest absolute Gasteiger partial charge is 0.360 e. The molecule has 1 amide bonds. The quantitative estimate of drug-likeness (QED) is 0.668. The maximum absolute atomic E-state index is 12.0. The maximum atomic E-state index is 12.0. The first kappa shape index (κ1) is 16.2. The van der Waals surface area contributed by atoms with E-state index in [4.69, 9.17) is 9.15 Å². The van der Waals surface area contributed by atoms with Gasteiger partial charge in [-0.1, -0.05) is 6.92 Å². The third kappa shape index (κ3) is 4.65. The van der Waals surface area contributed by atoms with Crippen LogP contribution < -0.4 is 0 Å². The van der Waals surface area contributed by atoms with E-state index in [2.05, 4.69) is 9.72 Å². The highest BCUT2D eigenvalue weighted by Crippen LogP contribution is 2.09. The van der Waals surface area contributed by atoms with Gasteiger partial charge in [-0.25, -0.2) is 9.78 Å². The molecular weight excluding hydrogens is 264 g/mol. The number of esters is 1. The van der Waals surface area contributed by atoms with Gasteiger partial charge >= 0.3 is 5.97 Å². The number of amides is 1. The number of methoxy groups -OCH3 is 2. The summed E-state index contributed by atoms with van der Waals surface area (Å²) >= 11 is 0. The van der Waals surface area contributed by atoms with Crippen LogP contribution >= 0.6 is 0 Å². The van der Waals surface area contributed by atoms with Crippen molar-refractivity contribution in [3.05, 3.63) is 17.8 Å². The van der Waals surface area contributed by atoms with Gasteiger partial charge in [0, 0.05) is 20.1 Å². The first-order valence-corrected chi connectivity index (χ1v) is 6.41. The molecule has 0 spiro atoms. The molecule has 0 unspecified atom stereocenters. The van der Waals surface area contributed by atoms with Crippen LogP contribution in [0.3, 0.4) is 0 Å². The van der Waals surface area contributed by atoms with Crippen molar-refractivity contribution in [3.63, 3.8) is 0 Å². The molecule has 112 valence electrons. The summed E-state index contributed by atoms with van der Waals surface area (Å²) in [4.78, 5) is 28.8. The third-order valence-corrected chi connectivity index (χ3v) is 2.65. The number of hydrogen-bond donors (Lipinski definition) is 0. The normalized spacial score (nSPS) is 10.3. The van der Waals surface area contributed by atoms with Crippen molar-refractivity contribution >= 4 is 11.9 Å². The van der Waals surface area contributed by atoms with E-state index in [0.29, 0.717) is 25.5 Å². The van der Waals surface area contributed by atoms with Crippen molar-refractivity contribution in [1.29, 1.82) is 0 Å². The van der Waals surface area contributed by atoms with Crippen LogP contribution in [0, 0.1) is 0 Å². The Morgan fingerprint density at radius 3 is 2.75 bits per heavy atom. The lowest BCUT2D eigenvalue weighted by Gasteiger charge is -2.20. The van der Waals surface area contributed by atoms with E-state index in [1.54, 1.807) is 12.0 Å². The van der Waals surface area contributed by atoms with Crippen LogP contribution in [-0.2, 0) is 20.8 Å². The molecular formula is C13H20N2O5. The molecule has 20 heavy (non-hydrogen) atoms. The number of nitrogens with zero attached hydrogens (tertiary/aromatic N) is 2. The van der Waals surface area contributed by atoms with Crippen LogP contribution in [0.1, 0.15) is 36.1 Å². The SMILES string of the molecule is CCCC(=O)N(CCOC)Cc1nc(C(=O)OC)co1. The summed E-state index contributed by atoms with van der Waals surface area (Å²) in [5.41, 5.74) is 0.0946. The number of oxazole rings is 1. The molecule has 1 rings (SSSR count). The Balaban J connectivity index is 2.70. The predicted molar refractivity (Wildman–Crippen MR) is 70.0 cm³/mol. The minimum atomic E-state index is -0.566. The predicted octanol–water partition coefficient (Wildman–Crippen LogP) is 1.24. The lowest BCUT2D eigenvalue weighted by atomic mass is 10.3. The van der Waals surface area contributed by atoms with E-state index in [-0.39, 0.29) is 18.1 Å². The summed E-state index contributed by atoms with van der Waals surface area (Å²) < 4.78 is 14.7. The van der Waals surface area contributed by atoms with Crippen LogP contribution in [0.4, 0.5) is 0 Å². The lowest BCUT2D eigenvalue weighted by molar-refractivity contribution is -0.132. The number of carbonyl (C=O) groups is 2. The molecule has 1 aromatic heterocycles. The Labute approximate surface area is 117 Å². The fourth-order valence-corrected chi connectivity index (χ4v) is 1.61. The van der Waals surface area contributed by atoms with E-state index >= 15 is 0 Å². The largest absolute Gasteiger partial charge is 0.464 e. The Morgan fingerprint density at radius 1 is 1.40 bits per heavy atom. The first-order valence-electron chi connectivity index (χ1n) is 6.41. The summed E-state index contributed by atoms with van der Waals surface area (Å²) in [5, 5.41) is 0. The zero-order chi connectivity index (χ0) is 15.0. The number of rotatable bonds is 8. The maximum Gasteiger partial charge on any atom is 0.360 e. The second-order valence-corrected chi connectivity index (χ2v) is 4.18. The molecule has 0 saturated heterocycles. The third-order valence-electron chi connectivity index (χ3n) is 2.65. The Morgan fingerprint density at radius 2 is 2.15 bits per heavy atom. The molecule has 0 aliphatic carbocycles. The van der Waals surface area contributed by atoms with Gasteiger partial charge in [0.05, 0.1) is 20.3 Å². The minimum absolute atomic E-state index is 0.00219. The van der Waals surface area contributed by atoms with Crippen molar-refractivity contribution in [2.24, 2.45) is 0 Å².